The maximum atomic E-state index is 3.52. The van der Waals surface area contributed by atoms with Gasteiger partial charge in [0.1, 0.15) is 0 Å². The van der Waals surface area contributed by atoms with Gasteiger partial charge in [0.2, 0.25) is 0 Å². The lowest BCUT2D eigenvalue weighted by molar-refractivity contribution is 0.597. The quantitative estimate of drug-likeness (QED) is 0.887. The summed E-state index contributed by atoms with van der Waals surface area (Å²) >= 11 is 5.40. The van der Waals surface area contributed by atoms with E-state index < -0.39 is 0 Å². The van der Waals surface area contributed by atoms with Crippen LogP contribution in [0.25, 0.3) is 0 Å². The van der Waals surface area contributed by atoms with Crippen LogP contribution < -0.4 is 5.32 Å². The molecule has 14 heavy (non-hydrogen) atoms. The van der Waals surface area contributed by atoms with Crippen LogP contribution in [0.1, 0.15) is 25.1 Å². The van der Waals surface area contributed by atoms with Crippen molar-refractivity contribution in [2.45, 2.75) is 25.7 Å². The molecule has 1 aliphatic rings. The third-order valence-corrected chi connectivity index (χ3v) is 5.15. The minimum Gasteiger partial charge on any atom is -0.317 e. The normalized spacial score (nSPS) is 30.6. The molecule has 78 valence electrons. The molecule has 1 nitrogen and oxygen atoms in total. The molecule has 0 aromatic carbocycles. The Kier molecular flexibility index (Phi) is 3.01. The lowest BCUT2D eigenvalue weighted by Crippen LogP contribution is -2.19. The highest BCUT2D eigenvalue weighted by molar-refractivity contribution is 9.10. The van der Waals surface area contributed by atoms with Crippen molar-refractivity contribution >= 4 is 27.3 Å². The average molecular weight is 274 g/mol. The zero-order valence-corrected chi connectivity index (χ0v) is 11.0. The van der Waals surface area contributed by atoms with Crippen LogP contribution in [0.15, 0.2) is 15.9 Å². The molecule has 2 unspecified atom stereocenters. The second-order valence-corrected chi connectivity index (χ2v) is 6.08. The van der Waals surface area contributed by atoms with Crippen LogP contribution in [0.2, 0.25) is 0 Å². The Morgan fingerprint density at radius 1 is 1.71 bits per heavy atom. The number of hydrogen-bond acceptors (Lipinski definition) is 2. The fourth-order valence-corrected chi connectivity index (χ4v) is 3.67. The molecule has 1 fully saturated rings. The van der Waals surface area contributed by atoms with Crippen molar-refractivity contribution in [2.24, 2.45) is 5.92 Å². The molecule has 0 spiro atoms. The summed E-state index contributed by atoms with van der Waals surface area (Å²) in [4.78, 5) is 1.53. The topological polar surface area (TPSA) is 12.0 Å². The van der Waals surface area contributed by atoms with E-state index in [1.54, 1.807) is 0 Å². The summed E-state index contributed by atoms with van der Waals surface area (Å²) in [5.74, 6) is 0.841. The van der Waals surface area contributed by atoms with Gasteiger partial charge in [0, 0.05) is 20.1 Å². The summed E-state index contributed by atoms with van der Waals surface area (Å²) in [7, 11) is 0. The van der Waals surface area contributed by atoms with Crippen molar-refractivity contribution < 1.29 is 0 Å². The van der Waals surface area contributed by atoms with Crippen LogP contribution in [0, 0.1) is 5.92 Å². The van der Waals surface area contributed by atoms with Crippen LogP contribution in [0.5, 0.6) is 0 Å². The highest BCUT2D eigenvalue weighted by Crippen LogP contribution is 2.55. The van der Waals surface area contributed by atoms with E-state index in [0.717, 1.165) is 12.5 Å². The lowest BCUT2D eigenvalue weighted by Gasteiger charge is -2.08. The molecule has 1 aromatic heterocycles. The molecule has 1 saturated carbocycles. The van der Waals surface area contributed by atoms with Gasteiger partial charge in [-0.15, -0.1) is 11.3 Å². The van der Waals surface area contributed by atoms with E-state index in [0.29, 0.717) is 5.41 Å². The highest BCUT2D eigenvalue weighted by Gasteiger charge is 2.51. The summed E-state index contributed by atoms with van der Waals surface area (Å²) in [6.07, 6.45) is 1.34. The van der Waals surface area contributed by atoms with Gasteiger partial charge < -0.3 is 5.32 Å². The summed E-state index contributed by atoms with van der Waals surface area (Å²) in [5, 5.41) is 5.62. The summed E-state index contributed by atoms with van der Waals surface area (Å²) in [6.45, 7) is 6.80. The third-order valence-electron chi connectivity index (χ3n) is 3.18. The zero-order valence-electron chi connectivity index (χ0n) is 8.64. The standard InChI is InChI=1S/C11H16BrNS/c1-3-13-6-8-5-11(8,2)10-4-9(12)7-14-10/h4,7-8,13H,3,5-6H2,1-2H3. The van der Waals surface area contributed by atoms with E-state index in [4.69, 9.17) is 0 Å². The summed E-state index contributed by atoms with van der Waals surface area (Å²) < 4.78 is 1.23. The number of rotatable bonds is 4. The van der Waals surface area contributed by atoms with Gasteiger partial charge in [-0.3, -0.25) is 0 Å². The van der Waals surface area contributed by atoms with Crippen molar-refractivity contribution in [1.29, 1.82) is 0 Å². The predicted molar refractivity (Wildman–Crippen MR) is 66.0 cm³/mol. The van der Waals surface area contributed by atoms with E-state index in [1.165, 1.54) is 22.3 Å². The van der Waals surface area contributed by atoms with E-state index >= 15 is 0 Å². The van der Waals surface area contributed by atoms with Crippen molar-refractivity contribution in [3.05, 3.63) is 20.8 Å². The number of thiophene rings is 1. The Morgan fingerprint density at radius 3 is 3.07 bits per heavy atom. The number of nitrogens with one attached hydrogen (secondary N) is 1. The second-order valence-electron chi connectivity index (χ2n) is 4.26. The molecule has 0 bridgehead atoms. The van der Waals surface area contributed by atoms with Crippen LogP contribution in [-0.2, 0) is 5.41 Å². The molecule has 2 rings (SSSR count). The fraction of sp³-hybridized carbons (Fsp3) is 0.636. The Labute approximate surface area is 98.0 Å². The van der Waals surface area contributed by atoms with Crippen molar-refractivity contribution in [2.75, 3.05) is 13.1 Å². The average Bonchev–Trinajstić information content (AvgIpc) is 2.58. The monoisotopic (exact) mass is 273 g/mol. The van der Waals surface area contributed by atoms with E-state index in [1.807, 2.05) is 11.3 Å². The van der Waals surface area contributed by atoms with E-state index in [-0.39, 0.29) is 0 Å². The van der Waals surface area contributed by atoms with Gasteiger partial charge in [0.25, 0.3) is 0 Å². The molecular weight excluding hydrogens is 258 g/mol. The van der Waals surface area contributed by atoms with Crippen molar-refractivity contribution in [1.82, 2.24) is 5.32 Å². The first-order chi connectivity index (χ1) is 6.66. The summed E-state index contributed by atoms with van der Waals surface area (Å²) in [6, 6.07) is 2.27. The smallest absolute Gasteiger partial charge is 0.0285 e. The van der Waals surface area contributed by atoms with Gasteiger partial charge >= 0.3 is 0 Å². The maximum absolute atomic E-state index is 3.52. The molecule has 1 aromatic rings. The Hall–Kier alpha value is 0.140. The Bertz CT molecular complexity index is 323. The van der Waals surface area contributed by atoms with Crippen molar-refractivity contribution in [3.63, 3.8) is 0 Å². The van der Waals surface area contributed by atoms with Crippen LogP contribution in [-0.4, -0.2) is 13.1 Å². The molecule has 0 aliphatic heterocycles. The SMILES string of the molecule is CCNCC1CC1(C)c1cc(Br)cs1. The largest absolute Gasteiger partial charge is 0.317 e. The molecule has 2 atom stereocenters. The molecule has 1 aliphatic carbocycles. The van der Waals surface area contributed by atoms with E-state index in [9.17, 15) is 0 Å². The van der Waals surface area contributed by atoms with Gasteiger partial charge in [-0.2, -0.15) is 0 Å². The molecule has 1 heterocycles. The Morgan fingerprint density at radius 2 is 2.50 bits per heavy atom. The highest BCUT2D eigenvalue weighted by atomic mass is 79.9. The zero-order chi connectivity index (χ0) is 10.2. The first-order valence-electron chi connectivity index (χ1n) is 5.12. The number of halogens is 1. The Balaban J connectivity index is 1.99. The predicted octanol–water partition coefficient (Wildman–Crippen LogP) is 3.40. The molecule has 0 saturated heterocycles. The minimum atomic E-state index is 0.457. The molecule has 0 radical (unpaired) electrons. The van der Waals surface area contributed by atoms with Crippen LogP contribution in [0.3, 0.4) is 0 Å². The lowest BCUT2D eigenvalue weighted by atomic mass is 10.0. The maximum Gasteiger partial charge on any atom is 0.0285 e. The molecular formula is C11H16BrNS. The van der Waals surface area contributed by atoms with Gasteiger partial charge in [-0.25, -0.2) is 0 Å². The van der Waals surface area contributed by atoms with Crippen molar-refractivity contribution in [3.8, 4) is 0 Å². The van der Waals surface area contributed by atoms with Gasteiger partial charge in [-0.1, -0.05) is 13.8 Å². The first kappa shape index (κ1) is 10.7. The fourth-order valence-electron chi connectivity index (χ4n) is 1.98. The van der Waals surface area contributed by atoms with Crippen LogP contribution in [0.4, 0.5) is 0 Å². The molecule has 1 N–H and O–H groups in total. The first-order valence-corrected chi connectivity index (χ1v) is 6.79. The second kappa shape index (κ2) is 3.95. The third kappa shape index (κ3) is 1.90. The van der Waals surface area contributed by atoms with Gasteiger partial charge in [0.05, 0.1) is 0 Å². The van der Waals surface area contributed by atoms with E-state index in [2.05, 4.69) is 46.5 Å². The van der Waals surface area contributed by atoms with Gasteiger partial charge in [-0.05, 0) is 47.4 Å². The summed E-state index contributed by atoms with van der Waals surface area (Å²) in [5.41, 5.74) is 0.457. The van der Waals surface area contributed by atoms with Crippen LogP contribution >= 0.6 is 27.3 Å². The minimum absolute atomic E-state index is 0.457. The number of hydrogen-bond donors (Lipinski definition) is 1. The molecule has 0 amide bonds. The molecule has 3 heteroatoms. The van der Waals surface area contributed by atoms with Gasteiger partial charge in [0.15, 0.2) is 0 Å².